The van der Waals surface area contributed by atoms with Crippen molar-refractivity contribution in [1.29, 1.82) is 0 Å². The second kappa shape index (κ2) is 1.89. The van der Waals surface area contributed by atoms with E-state index in [9.17, 15) is 0 Å². The van der Waals surface area contributed by atoms with Gasteiger partial charge < -0.3 is 0 Å². The number of rotatable bonds is 0. The summed E-state index contributed by atoms with van der Waals surface area (Å²) in [7, 11) is 1.12. The summed E-state index contributed by atoms with van der Waals surface area (Å²) in [5, 5.41) is 0. The lowest BCUT2D eigenvalue weighted by Crippen LogP contribution is -1.54. The van der Waals surface area contributed by atoms with Crippen molar-refractivity contribution in [3.8, 4) is 0 Å². The maximum atomic E-state index is 3.75. The second-order valence-electron chi connectivity index (χ2n) is 0.835. The molecule has 2 heteroatoms. The molecule has 0 saturated heterocycles. The second-order valence-corrected chi connectivity index (χ2v) is 1.65. The molecule has 1 nitrogen and oxygen atoms in total. The molecule has 1 heterocycles. The van der Waals surface area contributed by atoms with Crippen LogP contribution >= 0.6 is 8.19 Å². The van der Waals surface area contributed by atoms with E-state index in [1.807, 2.05) is 5.80 Å². The van der Waals surface area contributed by atoms with E-state index in [4.69, 9.17) is 0 Å². The van der Waals surface area contributed by atoms with Crippen LogP contribution in [0.1, 0.15) is 0 Å². The zero-order valence-corrected chi connectivity index (χ0v) is 4.02. The first-order valence-electron chi connectivity index (χ1n) is 1.62. The van der Waals surface area contributed by atoms with Crippen molar-refractivity contribution in [2.24, 2.45) is 0 Å². The lowest BCUT2D eigenvalue weighted by Gasteiger charge is -1.68. The summed E-state index contributed by atoms with van der Waals surface area (Å²) in [5.41, 5.74) is 0. The Balaban J connectivity index is 3.00. The van der Waals surface area contributed by atoms with Crippen LogP contribution in [0.4, 0.5) is 0 Å². The van der Waals surface area contributed by atoms with Crippen LogP contribution in [0.2, 0.25) is 0 Å². The largest absolute Gasteiger partial charge is 0.263 e. The highest BCUT2D eigenvalue weighted by Crippen LogP contribution is 1.93. The first-order valence-corrected chi connectivity index (χ1v) is 2.58. The van der Waals surface area contributed by atoms with Gasteiger partial charge in [-0.25, -0.2) is 0 Å². The SMILES string of the molecule is [c]1cnccp1. The van der Waals surface area contributed by atoms with Gasteiger partial charge in [-0.15, -0.1) is 0 Å². The Hall–Kier alpha value is -0.420. The molecular weight excluding hydrogens is 93.0 g/mol. The molecule has 1 radical (unpaired) electrons. The third-order valence-electron chi connectivity index (χ3n) is 0.434. The van der Waals surface area contributed by atoms with Gasteiger partial charge in [0, 0.05) is 18.2 Å². The number of aromatic nitrogens is 1. The lowest BCUT2D eigenvalue weighted by molar-refractivity contribution is 1.36. The molecule has 0 aromatic carbocycles. The molecule has 0 saturated carbocycles. The molecule has 6 heavy (non-hydrogen) atoms. The van der Waals surface area contributed by atoms with Gasteiger partial charge >= 0.3 is 0 Å². The van der Waals surface area contributed by atoms with Gasteiger partial charge in [-0.3, -0.25) is 4.98 Å². The van der Waals surface area contributed by atoms with Crippen LogP contribution in [0.25, 0.3) is 0 Å². The highest BCUT2D eigenvalue weighted by molar-refractivity contribution is 7.27. The first-order chi connectivity index (χ1) is 3.00. The van der Waals surface area contributed by atoms with Crippen LogP contribution in [0.15, 0.2) is 18.2 Å². The van der Waals surface area contributed by atoms with Gasteiger partial charge in [0.2, 0.25) is 0 Å². The Bertz CT molecular complexity index is 79.5. The van der Waals surface area contributed by atoms with E-state index in [1.165, 1.54) is 0 Å². The molecule has 0 bridgehead atoms. The molecule has 0 fully saturated rings. The Kier molecular flexibility index (Phi) is 1.18. The molecule has 29 valence electrons. The minimum atomic E-state index is 1.12. The van der Waals surface area contributed by atoms with E-state index in [2.05, 4.69) is 10.8 Å². The van der Waals surface area contributed by atoms with Crippen LogP contribution in [0.3, 0.4) is 0 Å². The van der Waals surface area contributed by atoms with Crippen molar-refractivity contribution < 1.29 is 0 Å². The first kappa shape index (κ1) is 3.76. The maximum Gasteiger partial charge on any atom is 0.0396 e. The van der Waals surface area contributed by atoms with E-state index in [1.54, 1.807) is 12.4 Å². The molecular formula is C4H3NP. The topological polar surface area (TPSA) is 12.9 Å². The Morgan fingerprint density at radius 2 is 2.67 bits per heavy atom. The Labute approximate surface area is 38.1 Å². The van der Waals surface area contributed by atoms with E-state index in [-0.39, 0.29) is 0 Å². The number of hydrogen-bond acceptors (Lipinski definition) is 1. The van der Waals surface area contributed by atoms with Gasteiger partial charge in [-0.2, -0.15) is 0 Å². The van der Waals surface area contributed by atoms with Gasteiger partial charge in [0.1, 0.15) is 0 Å². The predicted molar refractivity (Wildman–Crippen MR) is 25.6 cm³/mol. The average molecular weight is 96.0 g/mol. The van der Waals surface area contributed by atoms with Gasteiger partial charge in [0.15, 0.2) is 0 Å². The zero-order valence-electron chi connectivity index (χ0n) is 3.13. The number of nitrogens with zero attached hydrogens (tertiary/aromatic N) is 1. The van der Waals surface area contributed by atoms with Crippen molar-refractivity contribution in [2.75, 3.05) is 0 Å². The van der Waals surface area contributed by atoms with Crippen LogP contribution in [0.5, 0.6) is 0 Å². The normalized spacial score (nSPS) is 8.00. The smallest absolute Gasteiger partial charge is 0.0396 e. The maximum absolute atomic E-state index is 3.75. The molecule has 0 aliphatic heterocycles. The fourth-order valence-electron chi connectivity index (χ4n) is 0.225. The van der Waals surface area contributed by atoms with Crippen LogP contribution in [-0.4, -0.2) is 4.98 Å². The van der Waals surface area contributed by atoms with Crippen molar-refractivity contribution in [1.82, 2.24) is 4.98 Å². The lowest BCUT2D eigenvalue weighted by atomic mass is 10.9. The quantitative estimate of drug-likeness (QED) is 0.476. The zero-order chi connectivity index (χ0) is 4.24. The summed E-state index contributed by atoms with van der Waals surface area (Å²) in [6.07, 6.45) is 3.43. The third-order valence-corrected chi connectivity index (χ3v) is 0.981. The third kappa shape index (κ3) is 0.765. The van der Waals surface area contributed by atoms with Crippen LogP contribution in [0, 0.1) is 5.80 Å². The summed E-state index contributed by atoms with van der Waals surface area (Å²) in [5.74, 6) is 4.81. The summed E-state index contributed by atoms with van der Waals surface area (Å²) < 4.78 is 0. The van der Waals surface area contributed by atoms with Gasteiger partial charge in [0.25, 0.3) is 0 Å². The minimum absolute atomic E-state index is 1.12. The van der Waals surface area contributed by atoms with Gasteiger partial charge in [-0.05, 0) is 5.80 Å². The molecule has 0 aliphatic rings. The number of hydrogen-bond donors (Lipinski definition) is 0. The summed E-state index contributed by atoms with van der Waals surface area (Å²) >= 11 is 0. The molecule has 0 amide bonds. The van der Waals surface area contributed by atoms with Crippen molar-refractivity contribution >= 4 is 8.19 Å². The average Bonchev–Trinajstić information content (AvgIpc) is 1.72. The van der Waals surface area contributed by atoms with Gasteiger partial charge in [-0.1, -0.05) is 8.19 Å². The monoisotopic (exact) mass is 96.0 g/mol. The van der Waals surface area contributed by atoms with Crippen molar-refractivity contribution in [3.05, 3.63) is 24.0 Å². The van der Waals surface area contributed by atoms with Crippen molar-refractivity contribution in [2.45, 2.75) is 0 Å². The van der Waals surface area contributed by atoms with Crippen LogP contribution < -0.4 is 0 Å². The molecule has 1 aromatic rings. The fourth-order valence-corrected chi connectivity index (χ4v) is 0.588. The molecule has 0 unspecified atom stereocenters. The van der Waals surface area contributed by atoms with Gasteiger partial charge in [0.05, 0.1) is 0 Å². The fraction of sp³-hybridized carbons (Fsp3) is 0. The summed E-state index contributed by atoms with van der Waals surface area (Å²) in [6, 6.07) is 0. The highest BCUT2D eigenvalue weighted by Gasteiger charge is 1.60. The van der Waals surface area contributed by atoms with Crippen LogP contribution in [-0.2, 0) is 0 Å². The van der Waals surface area contributed by atoms with Crippen molar-refractivity contribution in [3.63, 3.8) is 0 Å². The van der Waals surface area contributed by atoms with E-state index in [0.717, 1.165) is 8.19 Å². The Morgan fingerprint density at radius 3 is 2.83 bits per heavy atom. The minimum Gasteiger partial charge on any atom is -0.263 e. The summed E-state index contributed by atoms with van der Waals surface area (Å²) in [6.45, 7) is 0. The molecule has 0 N–H and O–H groups in total. The molecule has 0 spiro atoms. The molecule has 1 aromatic heterocycles. The molecule has 0 aliphatic carbocycles. The predicted octanol–water partition coefficient (Wildman–Crippen LogP) is 1.46. The standard InChI is InChI=1S/C4H3NP/c1-3-6-4-2-5-1/h1-3H. The van der Waals surface area contributed by atoms with E-state index >= 15 is 0 Å². The summed E-state index contributed by atoms with van der Waals surface area (Å²) in [4.78, 5) is 3.75. The molecule has 1 rings (SSSR count). The highest BCUT2D eigenvalue weighted by atomic mass is 31.0. The van der Waals surface area contributed by atoms with E-state index in [0.29, 0.717) is 0 Å². The Morgan fingerprint density at radius 1 is 1.67 bits per heavy atom. The van der Waals surface area contributed by atoms with E-state index < -0.39 is 0 Å². The molecule has 0 atom stereocenters.